The molecule has 0 unspecified atom stereocenters. The van der Waals surface area contributed by atoms with Gasteiger partial charge in [0, 0.05) is 12.2 Å². The van der Waals surface area contributed by atoms with E-state index in [-0.39, 0.29) is 0 Å². The molecule has 1 aliphatic carbocycles. The minimum absolute atomic E-state index is 0.663. The summed E-state index contributed by atoms with van der Waals surface area (Å²) in [5.74, 6) is 1.48. The van der Waals surface area contributed by atoms with Gasteiger partial charge in [0.2, 0.25) is 11.9 Å². The number of aromatic nitrogens is 3. The Balaban J connectivity index is 1.57. The minimum Gasteiger partial charge on any atom is -0.349 e. The molecule has 23 heavy (non-hydrogen) atoms. The molecule has 1 aromatic carbocycles. The van der Waals surface area contributed by atoms with Gasteiger partial charge in [-0.2, -0.15) is 9.67 Å². The number of nitrogens with zero attached hydrogens (tertiary/aromatic N) is 3. The molecule has 5 heteroatoms. The van der Waals surface area contributed by atoms with Crippen molar-refractivity contribution >= 4 is 17.6 Å². The average molecular weight is 307 g/mol. The smallest absolute Gasteiger partial charge is 0.244 e. The minimum atomic E-state index is 0.663. The van der Waals surface area contributed by atoms with Gasteiger partial charge in [-0.15, -0.1) is 5.10 Å². The predicted octanol–water partition coefficient (Wildman–Crippen LogP) is 4.00. The number of fused-ring (bicyclic) bond motifs is 1. The Bertz CT molecular complexity index is 770. The van der Waals surface area contributed by atoms with Crippen LogP contribution in [-0.2, 0) is 6.54 Å². The van der Waals surface area contributed by atoms with Crippen molar-refractivity contribution in [1.82, 2.24) is 14.8 Å². The Morgan fingerprint density at radius 1 is 1.22 bits per heavy atom. The zero-order chi connectivity index (χ0) is 15.6. The summed E-state index contributed by atoms with van der Waals surface area (Å²) in [5, 5.41) is 11.4. The van der Waals surface area contributed by atoms with Crippen molar-refractivity contribution in [3.8, 4) is 0 Å². The van der Waals surface area contributed by atoms with Crippen LogP contribution in [0.2, 0.25) is 0 Å². The van der Waals surface area contributed by atoms with Crippen molar-refractivity contribution < 1.29 is 0 Å². The van der Waals surface area contributed by atoms with E-state index in [0.29, 0.717) is 5.95 Å². The highest BCUT2D eigenvalue weighted by Crippen LogP contribution is 2.37. The maximum Gasteiger partial charge on any atom is 0.244 e. The van der Waals surface area contributed by atoms with E-state index in [9.17, 15) is 0 Å². The number of benzene rings is 1. The van der Waals surface area contributed by atoms with E-state index >= 15 is 0 Å². The summed E-state index contributed by atoms with van der Waals surface area (Å²) in [4.78, 5) is 4.61. The fraction of sp³-hybridized carbons (Fsp3) is 0.333. The normalized spacial score (nSPS) is 18.4. The lowest BCUT2D eigenvalue weighted by Gasteiger charge is -2.27. The fourth-order valence-electron chi connectivity index (χ4n) is 3.30. The van der Waals surface area contributed by atoms with Crippen molar-refractivity contribution in [2.75, 3.05) is 10.6 Å². The second-order valence-electron chi connectivity index (χ2n) is 5.97. The monoisotopic (exact) mass is 307 g/mol. The molecular weight excluding hydrogens is 286 g/mol. The lowest BCUT2D eigenvalue weighted by atomic mass is 9.93. The molecule has 0 spiro atoms. The highest BCUT2D eigenvalue weighted by Gasteiger charge is 2.26. The standard InChI is InChI=1S/C18H21N5/c1-2-16-14-10-6-7-11-15(14)20-18-21-17(22-23(16)18)19-12-13-8-4-3-5-9-13/h2-5,8-9H,6-7,10-12H2,1H3,(H2,19,20,21,22)/b16-2+. The molecule has 4 rings (SSSR count). The summed E-state index contributed by atoms with van der Waals surface area (Å²) in [6.45, 7) is 2.80. The third-order valence-corrected chi connectivity index (χ3v) is 4.44. The van der Waals surface area contributed by atoms with Crippen LogP contribution in [0.25, 0.3) is 5.70 Å². The van der Waals surface area contributed by atoms with Crippen LogP contribution in [0.4, 0.5) is 11.9 Å². The molecule has 2 aromatic rings. The summed E-state index contributed by atoms with van der Waals surface area (Å²) in [5.41, 5.74) is 5.11. The molecule has 0 saturated carbocycles. The lowest BCUT2D eigenvalue weighted by molar-refractivity contribution is 0.668. The molecule has 0 amide bonds. The highest BCUT2D eigenvalue weighted by molar-refractivity contribution is 5.73. The van der Waals surface area contributed by atoms with Crippen LogP contribution < -0.4 is 10.6 Å². The van der Waals surface area contributed by atoms with Gasteiger partial charge in [0.15, 0.2) is 0 Å². The molecule has 1 aromatic heterocycles. The van der Waals surface area contributed by atoms with E-state index < -0.39 is 0 Å². The Morgan fingerprint density at radius 3 is 2.87 bits per heavy atom. The molecule has 0 atom stereocenters. The summed E-state index contributed by atoms with van der Waals surface area (Å²) < 4.78 is 1.93. The number of anilines is 2. The zero-order valence-corrected chi connectivity index (χ0v) is 13.3. The maximum absolute atomic E-state index is 4.64. The van der Waals surface area contributed by atoms with Crippen LogP contribution in [0.15, 0.2) is 47.7 Å². The van der Waals surface area contributed by atoms with E-state index in [2.05, 4.69) is 45.8 Å². The predicted molar refractivity (Wildman–Crippen MR) is 92.9 cm³/mol. The van der Waals surface area contributed by atoms with Gasteiger partial charge in [-0.25, -0.2) is 0 Å². The summed E-state index contributed by atoms with van der Waals surface area (Å²) in [6, 6.07) is 10.3. The molecule has 0 radical (unpaired) electrons. The Labute approximate surface area is 136 Å². The topological polar surface area (TPSA) is 54.8 Å². The van der Waals surface area contributed by atoms with Crippen molar-refractivity contribution in [2.45, 2.75) is 39.2 Å². The van der Waals surface area contributed by atoms with Crippen molar-refractivity contribution in [2.24, 2.45) is 0 Å². The Morgan fingerprint density at radius 2 is 2.04 bits per heavy atom. The van der Waals surface area contributed by atoms with Crippen LogP contribution >= 0.6 is 0 Å². The van der Waals surface area contributed by atoms with Gasteiger partial charge >= 0.3 is 0 Å². The second kappa shape index (κ2) is 5.91. The van der Waals surface area contributed by atoms with Gasteiger partial charge < -0.3 is 10.6 Å². The number of rotatable bonds is 3. The van der Waals surface area contributed by atoms with Crippen LogP contribution in [0.3, 0.4) is 0 Å². The van der Waals surface area contributed by atoms with Crippen LogP contribution in [0.1, 0.15) is 38.2 Å². The van der Waals surface area contributed by atoms with Gasteiger partial charge in [0.1, 0.15) is 0 Å². The van der Waals surface area contributed by atoms with Crippen molar-refractivity contribution in [3.05, 3.63) is 53.2 Å². The summed E-state index contributed by atoms with van der Waals surface area (Å²) in [6.07, 6.45) is 6.86. The number of hydrogen-bond acceptors (Lipinski definition) is 4. The largest absolute Gasteiger partial charge is 0.349 e. The molecular formula is C18H21N5. The highest BCUT2D eigenvalue weighted by atomic mass is 15.4. The van der Waals surface area contributed by atoms with Gasteiger partial charge in [0.25, 0.3) is 0 Å². The zero-order valence-electron chi connectivity index (χ0n) is 13.3. The van der Waals surface area contributed by atoms with Gasteiger partial charge in [-0.1, -0.05) is 36.4 Å². The van der Waals surface area contributed by atoms with E-state index in [0.717, 1.165) is 25.3 Å². The van der Waals surface area contributed by atoms with Gasteiger partial charge in [-0.3, -0.25) is 0 Å². The number of nitrogens with one attached hydrogen (secondary N) is 2. The van der Waals surface area contributed by atoms with Crippen LogP contribution in [-0.4, -0.2) is 14.8 Å². The van der Waals surface area contributed by atoms with E-state index in [1.165, 1.54) is 35.4 Å². The number of allylic oxidation sites excluding steroid dienone is 4. The first-order valence-corrected chi connectivity index (χ1v) is 8.26. The lowest BCUT2D eigenvalue weighted by Crippen LogP contribution is -2.20. The van der Waals surface area contributed by atoms with Crippen molar-refractivity contribution in [3.63, 3.8) is 0 Å². The summed E-state index contributed by atoms with van der Waals surface area (Å²) >= 11 is 0. The van der Waals surface area contributed by atoms with E-state index in [1.807, 2.05) is 22.9 Å². The molecule has 2 aliphatic rings. The fourth-order valence-corrected chi connectivity index (χ4v) is 3.30. The molecule has 5 nitrogen and oxygen atoms in total. The molecule has 0 fully saturated rings. The number of hydrogen-bond donors (Lipinski definition) is 2. The van der Waals surface area contributed by atoms with Crippen LogP contribution in [0, 0.1) is 0 Å². The first-order chi connectivity index (χ1) is 11.3. The Kier molecular flexibility index (Phi) is 3.61. The summed E-state index contributed by atoms with van der Waals surface area (Å²) in [7, 11) is 0. The third-order valence-electron chi connectivity index (χ3n) is 4.44. The van der Waals surface area contributed by atoms with Crippen molar-refractivity contribution in [1.29, 1.82) is 0 Å². The molecule has 0 saturated heterocycles. The quantitative estimate of drug-likeness (QED) is 0.900. The molecule has 2 N–H and O–H groups in total. The van der Waals surface area contributed by atoms with Gasteiger partial charge in [0.05, 0.1) is 5.70 Å². The van der Waals surface area contributed by atoms with E-state index in [4.69, 9.17) is 0 Å². The molecule has 1 aliphatic heterocycles. The third kappa shape index (κ3) is 2.63. The molecule has 0 bridgehead atoms. The average Bonchev–Trinajstić information content (AvgIpc) is 3.01. The maximum atomic E-state index is 4.64. The van der Waals surface area contributed by atoms with E-state index in [1.54, 1.807) is 0 Å². The first kappa shape index (κ1) is 14.1. The molecule has 118 valence electrons. The Hall–Kier alpha value is -2.56. The van der Waals surface area contributed by atoms with Gasteiger partial charge in [-0.05, 0) is 43.7 Å². The van der Waals surface area contributed by atoms with Crippen LogP contribution in [0.5, 0.6) is 0 Å². The first-order valence-electron chi connectivity index (χ1n) is 8.26. The molecule has 2 heterocycles. The SMILES string of the molecule is C/C=C1\C2=C(CCCC2)Nc2nc(NCc3ccccc3)nn21. The second-order valence-corrected chi connectivity index (χ2v) is 5.97.